The summed E-state index contributed by atoms with van der Waals surface area (Å²) >= 11 is 0. The molecule has 4 heteroatoms. The minimum atomic E-state index is -0.435. The first kappa shape index (κ1) is 12.4. The van der Waals surface area contributed by atoms with Gasteiger partial charge in [-0.05, 0) is 25.7 Å². The van der Waals surface area contributed by atoms with E-state index in [1.165, 1.54) is 0 Å². The number of amides is 1. The van der Waals surface area contributed by atoms with Crippen molar-refractivity contribution in [3.63, 3.8) is 0 Å². The van der Waals surface area contributed by atoms with Gasteiger partial charge in [0.15, 0.2) is 0 Å². The molecule has 78 valence electrons. The molecule has 1 unspecified atom stereocenters. The van der Waals surface area contributed by atoms with Crippen LogP contribution in [0.15, 0.2) is 0 Å². The van der Waals surface area contributed by atoms with E-state index in [2.05, 4.69) is 5.32 Å². The molecule has 0 rings (SSSR count). The van der Waals surface area contributed by atoms with Gasteiger partial charge in [0.2, 0.25) is 5.91 Å². The van der Waals surface area contributed by atoms with Crippen molar-refractivity contribution < 1.29 is 9.90 Å². The highest BCUT2D eigenvalue weighted by molar-refractivity contribution is 5.80. The van der Waals surface area contributed by atoms with E-state index in [0.29, 0.717) is 12.5 Å². The van der Waals surface area contributed by atoms with Crippen molar-refractivity contribution in [2.24, 2.45) is 11.7 Å². The van der Waals surface area contributed by atoms with Gasteiger partial charge in [-0.3, -0.25) is 4.79 Å². The van der Waals surface area contributed by atoms with Crippen LogP contribution in [-0.2, 0) is 4.79 Å². The summed E-state index contributed by atoms with van der Waals surface area (Å²) in [7, 11) is 0. The van der Waals surface area contributed by atoms with Crippen LogP contribution in [0.25, 0.3) is 0 Å². The molecule has 0 fully saturated rings. The number of hydrogen-bond donors (Lipinski definition) is 3. The Hall–Kier alpha value is -0.610. The Kier molecular flexibility index (Phi) is 6.54. The molecule has 0 aliphatic carbocycles. The monoisotopic (exact) mass is 188 g/mol. The fourth-order valence-corrected chi connectivity index (χ4v) is 0.914. The molecule has 0 aromatic heterocycles. The number of carbonyl (C=O) groups is 1. The summed E-state index contributed by atoms with van der Waals surface area (Å²) < 4.78 is 0. The SMILES string of the molecule is CC(CO)CCCNC(=O)[C@@H](C)N. The summed E-state index contributed by atoms with van der Waals surface area (Å²) in [5, 5.41) is 11.4. The van der Waals surface area contributed by atoms with Crippen LogP contribution in [0.1, 0.15) is 26.7 Å². The van der Waals surface area contributed by atoms with Crippen molar-refractivity contribution >= 4 is 5.91 Å². The second-order valence-electron chi connectivity index (χ2n) is 3.51. The van der Waals surface area contributed by atoms with E-state index in [1.807, 2.05) is 6.92 Å². The Morgan fingerprint density at radius 3 is 2.62 bits per heavy atom. The van der Waals surface area contributed by atoms with Gasteiger partial charge in [0.05, 0.1) is 6.04 Å². The minimum absolute atomic E-state index is 0.114. The predicted octanol–water partition coefficient (Wildman–Crippen LogP) is -0.142. The van der Waals surface area contributed by atoms with Crippen LogP contribution in [-0.4, -0.2) is 30.2 Å². The maximum atomic E-state index is 11.0. The van der Waals surface area contributed by atoms with Crippen molar-refractivity contribution in [3.8, 4) is 0 Å². The van der Waals surface area contributed by atoms with Gasteiger partial charge in [-0.1, -0.05) is 6.92 Å². The van der Waals surface area contributed by atoms with E-state index in [4.69, 9.17) is 10.8 Å². The van der Waals surface area contributed by atoms with Crippen molar-refractivity contribution in [1.29, 1.82) is 0 Å². The normalized spacial score (nSPS) is 15.1. The highest BCUT2D eigenvalue weighted by Crippen LogP contribution is 2.02. The summed E-state index contributed by atoms with van der Waals surface area (Å²) in [5.41, 5.74) is 5.35. The number of hydrogen-bond acceptors (Lipinski definition) is 3. The number of aliphatic hydroxyl groups excluding tert-OH is 1. The van der Waals surface area contributed by atoms with Crippen LogP contribution < -0.4 is 11.1 Å². The number of rotatable bonds is 6. The lowest BCUT2D eigenvalue weighted by Gasteiger charge is -2.09. The van der Waals surface area contributed by atoms with Crippen LogP contribution >= 0.6 is 0 Å². The smallest absolute Gasteiger partial charge is 0.236 e. The van der Waals surface area contributed by atoms with Crippen molar-refractivity contribution in [1.82, 2.24) is 5.32 Å². The molecule has 0 aliphatic rings. The number of nitrogens with two attached hydrogens (primary N) is 1. The molecule has 4 N–H and O–H groups in total. The maximum Gasteiger partial charge on any atom is 0.236 e. The first-order chi connectivity index (χ1) is 6.07. The molecule has 0 aromatic carbocycles. The lowest BCUT2D eigenvalue weighted by atomic mass is 10.1. The van der Waals surface area contributed by atoms with E-state index in [-0.39, 0.29) is 12.5 Å². The lowest BCUT2D eigenvalue weighted by Crippen LogP contribution is -2.38. The highest BCUT2D eigenvalue weighted by atomic mass is 16.3. The highest BCUT2D eigenvalue weighted by Gasteiger charge is 2.05. The average Bonchev–Trinajstić information content (AvgIpc) is 2.11. The van der Waals surface area contributed by atoms with E-state index in [0.717, 1.165) is 12.8 Å². The zero-order chi connectivity index (χ0) is 10.3. The van der Waals surface area contributed by atoms with Crippen LogP contribution in [0, 0.1) is 5.92 Å². The second-order valence-corrected chi connectivity index (χ2v) is 3.51. The summed E-state index contributed by atoms with van der Waals surface area (Å²) in [6, 6.07) is -0.435. The Morgan fingerprint density at radius 2 is 2.15 bits per heavy atom. The molecule has 4 nitrogen and oxygen atoms in total. The maximum absolute atomic E-state index is 11.0. The van der Waals surface area contributed by atoms with Gasteiger partial charge in [-0.2, -0.15) is 0 Å². The van der Waals surface area contributed by atoms with Crippen molar-refractivity contribution in [2.75, 3.05) is 13.2 Å². The van der Waals surface area contributed by atoms with E-state index < -0.39 is 6.04 Å². The second kappa shape index (κ2) is 6.86. The molecule has 1 amide bonds. The fourth-order valence-electron chi connectivity index (χ4n) is 0.914. The zero-order valence-electron chi connectivity index (χ0n) is 8.42. The molecule has 0 radical (unpaired) electrons. The molecule has 0 aliphatic heterocycles. The van der Waals surface area contributed by atoms with Crippen LogP contribution in [0.4, 0.5) is 0 Å². The van der Waals surface area contributed by atoms with Gasteiger partial charge >= 0.3 is 0 Å². The Labute approximate surface area is 79.5 Å². The topological polar surface area (TPSA) is 75.3 Å². The molecule has 0 bridgehead atoms. The van der Waals surface area contributed by atoms with Crippen molar-refractivity contribution in [3.05, 3.63) is 0 Å². The number of carbonyl (C=O) groups excluding carboxylic acids is 1. The number of nitrogens with one attached hydrogen (secondary N) is 1. The summed E-state index contributed by atoms with van der Waals surface area (Å²) in [6.45, 7) is 4.49. The number of aliphatic hydroxyl groups is 1. The summed E-state index contributed by atoms with van der Waals surface area (Å²) in [5.74, 6) is 0.198. The summed E-state index contributed by atoms with van der Waals surface area (Å²) in [6.07, 6.45) is 1.82. The quantitative estimate of drug-likeness (QED) is 0.508. The fraction of sp³-hybridized carbons (Fsp3) is 0.889. The van der Waals surface area contributed by atoms with Gasteiger partial charge in [0.1, 0.15) is 0 Å². The third-order valence-electron chi connectivity index (χ3n) is 1.90. The lowest BCUT2D eigenvalue weighted by molar-refractivity contribution is -0.121. The van der Waals surface area contributed by atoms with Gasteiger partial charge in [0, 0.05) is 13.2 Å². The molecule has 0 saturated heterocycles. The average molecular weight is 188 g/mol. The molecule has 2 atom stereocenters. The molecule has 0 aromatic rings. The molecule has 0 heterocycles. The van der Waals surface area contributed by atoms with E-state index in [1.54, 1.807) is 6.92 Å². The van der Waals surface area contributed by atoms with E-state index in [9.17, 15) is 4.79 Å². The molecule has 0 spiro atoms. The third kappa shape index (κ3) is 6.54. The van der Waals surface area contributed by atoms with Gasteiger partial charge in [-0.25, -0.2) is 0 Å². The van der Waals surface area contributed by atoms with Crippen LogP contribution in [0.2, 0.25) is 0 Å². The van der Waals surface area contributed by atoms with Crippen LogP contribution in [0.3, 0.4) is 0 Å². The first-order valence-corrected chi connectivity index (χ1v) is 4.72. The van der Waals surface area contributed by atoms with Gasteiger partial charge in [0.25, 0.3) is 0 Å². The predicted molar refractivity (Wildman–Crippen MR) is 52.1 cm³/mol. The van der Waals surface area contributed by atoms with Gasteiger partial charge in [-0.15, -0.1) is 0 Å². The Balaban J connectivity index is 3.31. The minimum Gasteiger partial charge on any atom is -0.396 e. The molecular weight excluding hydrogens is 168 g/mol. The Morgan fingerprint density at radius 1 is 1.54 bits per heavy atom. The van der Waals surface area contributed by atoms with Crippen molar-refractivity contribution in [2.45, 2.75) is 32.7 Å². The molecular formula is C9H20N2O2. The molecule has 13 heavy (non-hydrogen) atoms. The summed E-state index contributed by atoms with van der Waals surface area (Å²) in [4.78, 5) is 11.0. The standard InChI is InChI=1S/C9H20N2O2/c1-7(6-12)4-3-5-11-9(13)8(2)10/h7-8,12H,3-6,10H2,1-2H3,(H,11,13)/t7?,8-/m1/s1. The largest absolute Gasteiger partial charge is 0.396 e. The third-order valence-corrected chi connectivity index (χ3v) is 1.90. The first-order valence-electron chi connectivity index (χ1n) is 4.72. The zero-order valence-corrected chi connectivity index (χ0v) is 8.42. The van der Waals surface area contributed by atoms with E-state index >= 15 is 0 Å². The molecule has 0 saturated carbocycles. The Bertz CT molecular complexity index is 149. The van der Waals surface area contributed by atoms with Gasteiger partial charge < -0.3 is 16.2 Å². The van der Waals surface area contributed by atoms with Crippen LogP contribution in [0.5, 0.6) is 0 Å².